The highest BCUT2D eigenvalue weighted by atomic mass is 16.7. The summed E-state index contributed by atoms with van der Waals surface area (Å²) in [7, 11) is 5.97. The summed E-state index contributed by atoms with van der Waals surface area (Å²) >= 11 is 0. The Morgan fingerprint density at radius 1 is 1.07 bits per heavy atom. The highest BCUT2D eigenvalue weighted by Crippen LogP contribution is 2.35. The normalized spacial score (nSPS) is 21.9. The van der Waals surface area contributed by atoms with Gasteiger partial charge in [0.2, 0.25) is 11.8 Å². The van der Waals surface area contributed by atoms with Gasteiger partial charge in [0.25, 0.3) is 0 Å². The van der Waals surface area contributed by atoms with Gasteiger partial charge in [0, 0.05) is 58.3 Å². The van der Waals surface area contributed by atoms with E-state index < -0.39 is 5.91 Å². The SMILES string of the molecule is COC(C)(N[C@H]1C[C@H](Oc2ccc3ncc(-c4cc5c(N(C)C6CCN(C)CC6)nccc5o4)n3n2)C1)OC(C)(C)C. The van der Waals surface area contributed by atoms with Crippen LogP contribution >= 0.6 is 0 Å². The lowest BCUT2D eigenvalue weighted by Gasteiger charge is -2.43. The predicted molar refractivity (Wildman–Crippen MR) is 162 cm³/mol. The molecule has 0 spiro atoms. The first-order chi connectivity index (χ1) is 20.0. The summed E-state index contributed by atoms with van der Waals surface area (Å²) in [5.41, 5.74) is 1.95. The van der Waals surface area contributed by atoms with Crippen molar-refractivity contribution in [1.29, 1.82) is 0 Å². The van der Waals surface area contributed by atoms with Gasteiger partial charge in [-0.3, -0.25) is 5.32 Å². The van der Waals surface area contributed by atoms with Crippen molar-refractivity contribution in [2.45, 2.75) is 83.1 Å². The zero-order valence-electron chi connectivity index (χ0n) is 25.8. The Morgan fingerprint density at radius 2 is 1.83 bits per heavy atom. The van der Waals surface area contributed by atoms with Crippen LogP contribution < -0.4 is 15.0 Å². The first-order valence-electron chi connectivity index (χ1n) is 14.8. The molecule has 226 valence electrons. The highest BCUT2D eigenvalue weighted by molar-refractivity contribution is 5.92. The Balaban J connectivity index is 1.17. The van der Waals surface area contributed by atoms with Gasteiger partial charge in [-0.05, 0) is 71.9 Å². The van der Waals surface area contributed by atoms with Crippen LogP contribution in [0.15, 0.2) is 41.1 Å². The molecule has 1 aliphatic carbocycles. The van der Waals surface area contributed by atoms with Crippen molar-refractivity contribution >= 4 is 22.4 Å². The van der Waals surface area contributed by atoms with Crippen LogP contribution in [-0.2, 0) is 9.47 Å². The molecule has 6 rings (SSSR count). The number of piperidine rings is 1. The number of aromatic nitrogens is 4. The van der Waals surface area contributed by atoms with E-state index in [1.54, 1.807) is 17.8 Å². The van der Waals surface area contributed by atoms with Crippen molar-refractivity contribution < 1.29 is 18.6 Å². The minimum atomic E-state index is -0.860. The van der Waals surface area contributed by atoms with Crippen molar-refractivity contribution in [2.24, 2.45) is 0 Å². The molecule has 1 aliphatic heterocycles. The van der Waals surface area contributed by atoms with E-state index in [1.807, 2.05) is 52.1 Å². The Labute approximate surface area is 247 Å². The maximum absolute atomic E-state index is 6.33. The molecule has 42 heavy (non-hydrogen) atoms. The van der Waals surface area contributed by atoms with Crippen LogP contribution in [-0.4, -0.2) is 88.5 Å². The molecule has 0 amide bonds. The van der Waals surface area contributed by atoms with Crippen LogP contribution in [0.5, 0.6) is 5.88 Å². The largest absolute Gasteiger partial charge is 0.473 e. The van der Waals surface area contributed by atoms with Gasteiger partial charge in [-0.1, -0.05) is 0 Å². The van der Waals surface area contributed by atoms with E-state index in [0.29, 0.717) is 17.7 Å². The van der Waals surface area contributed by atoms with E-state index in [2.05, 4.69) is 40.3 Å². The van der Waals surface area contributed by atoms with E-state index in [4.69, 9.17) is 28.7 Å². The van der Waals surface area contributed by atoms with E-state index in [1.165, 1.54) is 0 Å². The number of hydrogen-bond acceptors (Lipinski definition) is 10. The lowest BCUT2D eigenvalue weighted by molar-refractivity contribution is -0.281. The molecule has 1 unspecified atom stereocenters. The minimum Gasteiger partial charge on any atom is -0.473 e. The number of hydrogen-bond donors (Lipinski definition) is 1. The average molecular weight is 578 g/mol. The van der Waals surface area contributed by atoms with Crippen LogP contribution in [0, 0.1) is 0 Å². The van der Waals surface area contributed by atoms with Crippen molar-refractivity contribution in [2.75, 3.05) is 39.2 Å². The van der Waals surface area contributed by atoms with Crippen molar-refractivity contribution in [3.8, 4) is 17.3 Å². The fraction of sp³-hybridized carbons (Fsp3) is 0.581. The zero-order valence-corrected chi connectivity index (χ0v) is 25.8. The molecular formula is C31H43N7O4. The van der Waals surface area contributed by atoms with Crippen LogP contribution in [0.3, 0.4) is 0 Å². The second-order valence-corrected chi connectivity index (χ2v) is 12.8. The fourth-order valence-corrected chi connectivity index (χ4v) is 6.03. The number of pyridine rings is 1. The molecule has 0 aromatic carbocycles. The van der Waals surface area contributed by atoms with E-state index in [9.17, 15) is 0 Å². The summed E-state index contributed by atoms with van der Waals surface area (Å²) in [5, 5.41) is 9.24. The van der Waals surface area contributed by atoms with E-state index in [-0.39, 0.29) is 17.7 Å². The van der Waals surface area contributed by atoms with Gasteiger partial charge in [0.15, 0.2) is 11.4 Å². The number of fused-ring (bicyclic) bond motifs is 2. The third kappa shape index (κ3) is 5.96. The maximum Gasteiger partial charge on any atom is 0.232 e. The molecule has 0 bridgehead atoms. The Morgan fingerprint density at radius 3 is 2.55 bits per heavy atom. The average Bonchev–Trinajstić information content (AvgIpc) is 3.54. The number of nitrogens with one attached hydrogen (secondary N) is 1. The van der Waals surface area contributed by atoms with Crippen LogP contribution in [0.4, 0.5) is 5.82 Å². The van der Waals surface area contributed by atoms with Crippen molar-refractivity contribution in [1.82, 2.24) is 29.8 Å². The van der Waals surface area contributed by atoms with Gasteiger partial charge >= 0.3 is 0 Å². The van der Waals surface area contributed by atoms with Gasteiger partial charge in [-0.2, -0.15) is 0 Å². The first kappa shape index (κ1) is 28.9. The lowest BCUT2D eigenvalue weighted by Crippen LogP contribution is -2.59. The molecule has 2 aliphatic rings. The van der Waals surface area contributed by atoms with Crippen LogP contribution in [0.1, 0.15) is 53.4 Å². The molecule has 1 atom stereocenters. The minimum absolute atomic E-state index is 0.0464. The third-order valence-corrected chi connectivity index (χ3v) is 8.32. The quantitative estimate of drug-likeness (QED) is 0.282. The predicted octanol–water partition coefficient (Wildman–Crippen LogP) is 4.70. The lowest BCUT2D eigenvalue weighted by atomic mass is 9.89. The second kappa shape index (κ2) is 11.1. The number of nitrogens with zero attached hydrogens (tertiary/aromatic N) is 6. The number of likely N-dealkylation sites (tertiary alicyclic amines) is 1. The molecule has 1 saturated carbocycles. The molecule has 4 aromatic rings. The number of methoxy groups -OCH3 is 1. The summed E-state index contributed by atoms with van der Waals surface area (Å²) < 4.78 is 26.1. The molecule has 2 fully saturated rings. The van der Waals surface area contributed by atoms with Gasteiger partial charge in [-0.15, -0.1) is 5.10 Å². The molecule has 1 N–H and O–H groups in total. The van der Waals surface area contributed by atoms with Gasteiger partial charge in [0.1, 0.15) is 23.2 Å². The molecule has 11 nitrogen and oxygen atoms in total. The van der Waals surface area contributed by atoms with Gasteiger partial charge in [0.05, 0.1) is 17.2 Å². The fourth-order valence-electron chi connectivity index (χ4n) is 6.03. The Kier molecular flexibility index (Phi) is 7.63. The van der Waals surface area contributed by atoms with E-state index in [0.717, 1.165) is 66.9 Å². The highest BCUT2D eigenvalue weighted by Gasteiger charge is 2.39. The van der Waals surface area contributed by atoms with Gasteiger partial charge in [-0.25, -0.2) is 14.5 Å². The summed E-state index contributed by atoms with van der Waals surface area (Å²) in [4.78, 5) is 14.0. The maximum atomic E-state index is 6.33. The number of rotatable bonds is 9. The van der Waals surface area contributed by atoms with Crippen LogP contribution in [0.2, 0.25) is 0 Å². The summed E-state index contributed by atoms with van der Waals surface area (Å²) in [6.07, 6.45) is 7.54. The number of ether oxygens (including phenoxy) is 3. The van der Waals surface area contributed by atoms with Crippen molar-refractivity contribution in [3.05, 3.63) is 36.7 Å². The molecule has 11 heteroatoms. The molecule has 1 saturated heterocycles. The monoisotopic (exact) mass is 577 g/mol. The number of furan rings is 1. The second-order valence-electron chi connectivity index (χ2n) is 12.8. The third-order valence-electron chi connectivity index (χ3n) is 8.32. The number of imidazole rings is 1. The van der Waals surface area contributed by atoms with Gasteiger partial charge < -0.3 is 28.4 Å². The first-order valence-corrected chi connectivity index (χ1v) is 14.8. The van der Waals surface area contributed by atoms with Crippen LogP contribution in [0.25, 0.3) is 28.1 Å². The zero-order chi connectivity index (χ0) is 29.6. The van der Waals surface area contributed by atoms with Crippen molar-refractivity contribution in [3.63, 3.8) is 0 Å². The Hall–Kier alpha value is -3.25. The molecule has 0 radical (unpaired) electrons. The summed E-state index contributed by atoms with van der Waals surface area (Å²) in [6.45, 7) is 10.1. The summed E-state index contributed by atoms with van der Waals surface area (Å²) in [5.74, 6) is 1.32. The number of anilines is 1. The Bertz CT molecular complexity index is 1530. The smallest absolute Gasteiger partial charge is 0.232 e. The molecule has 4 aromatic heterocycles. The summed E-state index contributed by atoms with van der Waals surface area (Å²) in [6, 6.07) is 8.43. The molecular weight excluding hydrogens is 534 g/mol. The standard InChI is InChI=1S/C31H43N7O4/c1-30(2,3)42-31(4,39-7)34-20-16-22(17-20)40-28-9-8-27-33-19-24(38(27)35-28)26-18-23-25(41-26)10-13-32-29(23)37(6)21-11-14-36(5)15-12-21/h8-10,13,18-22,34H,11-12,14-17H2,1-7H3/t20-,22-,31?. The molecule has 5 heterocycles. The topological polar surface area (TPSA) is 102 Å². The van der Waals surface area contributed by atoms with E-state index >= 15 is 0 Å².